The number of thiocarbonyl (C=S) groups is 1. The summed E-state index contributed by atoms with van der Waals surface area (Å²) in [7, 11) is 1.56. The van der Waals surface area contributed by atoms with Crippen LogP contribution < -0.4 is 10.1 Å². The Bertz CT molecular complexity index is 661. The molecule has 0 bridgehead atoms. The van der Waals surface area contributed by atoms with Crippen molar-refractivity contribution in [2.45, 2.75) is 0 Å². The number of nitrogens with one attached hydrogen (secondary N) is 1. The van der Waals surface area contributed by atoms with Gasteiger partial charge in [0.1, 0.15) is 16.6 Å². The number of amides is 2. The van der Waals surface area contributed by atoms with E-state index in [4.69, 9.17) is 22.1 Å². The zero-order valence-corrected chi connectivity index (χ0v) is 14.1. The highest BCUT2D eigenvalue weighted by molar-refractivity contribution is 8.26. The Balaban J connectivity index is 2.14. The van der Waals surface area contributed by atoms with Crippen LogP contribution in [0.3, 0.4) is 0 Å². The summed E-state index contributed by atoms with van der Waals surface area (Å²) in [5, 5.41) is 11.2. The molecule has 0 atom stereocenters. The van der Waals surface area contributed by atoms with E-state index in [1.165, 1.54) is 4.90 Å². The predicted molar refractivity (Wildman–Crippen MR) is 93.0 cm³/mol. The molecule has 0 radical (unpaired) electrons. The van der Waals surface area contributed by atoms with Gasteiger partial charge >= 0.3 is 0 Å². The number of hydrogen-bond donors (Lipinski definition) is 2. The molecule has 2 rings (SSSR count). The minimum absolute atomic E-state index is 0.144. The maximum absolute atomic E-state index is 12.4. The van der Waals surface area contributed by atoms with Crippen molar-refractivity contribution in [2.24, 2.45) is 0 Å². The number of benzene rings is 1. The molecule has 1 aromatic carbocycles. The molecule has 0 aromatic heterocycles. The summed E-state index contributed by atoms with van der Waals surface area (Å²) < 4.78 is 5.58. The minimum Gasteiger partial charge on any atom is -0.496 e. The van der Waals surface area contributed by atoms with Gasteiger partial charge in [-0.1, -0.05) is 42.2 Å². The summed E-state index contributed by atoms with van der Waals surface area (Å²) in [6, 6.07) is 7.32. The van der Waals surface area contributed by atoms with E-state index in [1.54, 1.807) is 19.3 Å². The van der Waals surface area contributed by atoms with Gasteiger partial charge in [0.15, 0.2) is 0 Å². The van der Waals surface area contributed by atoms with Gasteiger partial charge in [0.2, 0.25) is 5.91 Å². The van der Waals surface area contributed by atoms with E-state index in [0.717, 1.165) is 17.3 Å². The van der Waals surface area contributed by atoms with E-state index in [0.29, 0.717) is 15.0 Å². The van der Waals surface area contributed by atoms with Crippen LogP contribution in [-0.2, 0) is 9.59 Å². The lowest BCUT2D eigenvalue weighted by Crippen LogP contribution is -2.40. The number of methoxy groups -OCH3 is 1. The number of aliphatic hydroxyl groups excluding tert-OH is 1. The molecular formula is C15H16N2O4S2. The number of hydrogen-bond acceptors (Lipinski definition) is 6. The molecule has 1 fully saturated rings. The van der Waals surface area contributed by atoms with Crippen LogP contribution in [0.25, 0.3) is 6.08 Å². The third-order valence-corrected chi connectivity index (χ3v) is 4.41. The van der Waals surface area contributed by atoms with Gasteiger partial charge in [0, 0.05) is 12.1 Å². The zero-order valence-electron chi connectivity index (χ0n) is 12.4. The van der Waals surface area contributed by atoms with Crippen molar-refractivity contribution in [3.8, 4) is 5.75 Å². The van der Waals surface area contributed by atoms with Crippen LogP contribution in [0.2, 0.25) is 0 Å². The third kappa shape index (κ3) is 4.31. The van der Waals surface area contributed by atoms with Crippen LogP contribution in [0, 0.1) is 0 Å². The molecule has 2 amide bonds. The predicted octanol–water partition coefficient (Wildman–Crippen LogP) is 1.00. The molecule has 1 saturated heterocycles. The van der Waals surface area contributed by atoms with Crippen molar-refractivity contribution in [3.63, 3.8) is 0 Å². The second-order valence-corrected chi connectivity index (χ2v) is 6.26. The molecule has 23 heavy (non-hydrogen) atoms. The molecule has 1 aromatic rings. The molecule has 0 saturated carbocycles. The summed E-state index contributed by atoms with van der Waals surface area (Å²) in [4.78, 5) is 25.8. The minimum atomic E-state index is -0.367. The largest absolute Gasteiger partial charge is 0.496 e. The molecule has 0 spiro atoms. The summed E-state index contributed by atoms with van der Waals surface area (Å²) in [6.07, 6.45) is 1.70. The fraction of sp³-hybridized carbons (Fsp3) is 0.267. The van der Waals surface area contributed by atoms with Crippen molar-refractivity contribution in [1.29, 1.82) is 0 Å². The molecule has 8 heteroatoms. The van der Waals surface area contributed by atoms with E-state index in [-0.39, 0.29) is 31.5 Å². The van der Waals surface area contributed by atoms with Crippen molar-refractivity contribution < 1.29 is 19.4 Å². The van der Waals surface area contributed by atoms with E-state index < -0.39 is 0 Å². The molecule has 0 aliphatic carbocycles. The number of thioether (sulfide) groups is 1. The smallest absolute Gasteiger partial charge is 0.266 e. The van der Waals surface area contributed by atoms with Crippen LogP contribution >= 0.6 is 24.0 Å². The second kappa shape index (κ2) is 8.09. The van der Waals surface area contributed by atoms with Gasteiger partial charge < -0.3 is 15.2 Å². The molecule has 122 valence electrons. The Hall–Kier alpha value is -1.90. The second-order valence-electron chi connectivity index (χ2n) is 4.58. The van der Waals surface area contributed by atoms with Crippen molar-refractivity contribution in [1.82, 2.24) is 10.2 Å². The molecule has 2 N–H and O–H groups in total. The van der Waals surface area contributed by atoms with E-state index in [2.05, 4.69) is 5.32 Å². The molecule has 1 aliphatic heterocycles. The molecule has 6 nitrogen and oxygen atoms in total. The van der Waals surface area contributed by atoms with Crippen LogP contribution in [0.5, 0.6) is 5.75 Å². The fourth-order valence-corrected chi connectivity index (χ4v) is 3.20. The quantitative estimate of drug-likeness (QED) is 0.588. The summed E-state index contributed by atoms with van der Waals surface area (Å²) in [5.41, 5.74) is 0.764. The topological polar surface area (TPSA) is 78.9 Å². The summed E-state index contributed by atoms with van der Waals surface area (Å²) in [6.45, 7) is -0.170. The van der Waals surface area contributed by atoms with Crippen molar-refractivity contribution >= 4 is 46.2 Å². The van der Waals surface area contributed by atoms with Crippen molar-refractivity contribution in [3.05, 3.63) is 34.7 Å². The highest BCUT2D eigenvalue weighted by atomic mass is 32.2. The third-order valence-electron chi connectivity index (χ3n) is 3.03. The number of carbonyl (C=O) groups excluding carboxylic acids is 2. The Kier molecular flexibility index (Phi) is 6.14. The van der Waals surface area contributed by atoms with Crippen LogP contribution in [0.4, 0.5) is 0 Å². The number of rotatable bonds is 6. The van der Waals surface area contributed by atoms with Gasteiger partial charge in [-0.2, -0.15) is 0 Å². The zero-order chi connectivity index (χ0) is 16.8. The first kappa shape index (κ1) is 17.5. The van der Waals surface area contributed by atoms with E-state index in [1.807, 2.05) is 18.2 Å². The number of ether oxygens (including phenoxy) is 1. The molecule has 1 aliphatic rings. The maximum Gasteiger partial charge on any atom is 0.266 e. The van der Waals surface area contributed by atoms with Gasteiger partial charge in [-0.25, -0.2) is 0 Å². The Morgan fingerprint density at radius 1 is 1.48 bits per heavy atom. The lowest BCUT2D eigenvalue weighted by molar-refractivity contribution is -0.128. The Morgan fingerprint density at radius 3 is 2.91 bits per heavy atom. The number of para-hydroxylation sites is 1. The van der Waals surface area contributed by atoms with E-state index >= 15 is 0 Å². The van der Waals surface area contributed by atoms with Crippen LogP contribution in [-0.4, -0.2) is 52.9 Å². The first-order chi connectivity index (χ1) is 11.1. The fourth-order valence-electron chi connectivity index (χ4n) is 1.96. The number of carbonyl (C=O) groups is 2. The number of aliphatic hydroxyl groups is 1. The van der Waals surface area contributed by atoms with Gasteiger partial charge in [-0.3, -0.25) is 14.5 Å². The lowest BCUT2D eigenvalue weighted by atomic mass is 10.2. The standard InChI is InChI=1S/C15H16N2O4S2/c1-21-11-5-3-2-4-10(11)8-12-14(20)17(15(22)23-12)9-13(19)16-6-7-18/h2-5,8,18H,6-7,9H2,1H3,(H,16,19)/b12-8-. The lowest BCUT2D eigenvalue weighted by Gasteiger charge is -2.13. The van der Waals surface area contributed by atoms with Gasteiger partial charge in [-0.15, -0.1) is 0 Å². The highest BCUT2D eigenvalue weighted by Crippen LogP contribution is 2.33. The molecule has 0 unspecified atom stereocenters. The molecule has 1 heterocycles. The highest BCUT2D eigenvalue weighted by Gasteiger charge is 2.33. The Morgan fingerprint density at radius 2 is 2.22 bits per heavy atom. The monoisotopic (exact) mass is 352 g/mol. The first-order valence-electron chi connectivity index (χ1n) is 6.82. The molecular weight excluding hydrogens is 336 g/mol. The normalized spacial score (nSPS) is 16.1. The van der Waals surface area contributed by atoms with Crippen LogP contribution in [0.1, 0.15) is 5.56 Å². The SMILES string of the molecule is COc1ccccc1/C=C1\SC(=S)N(CC(=O)NCCO)C1=O. The van der Waals surface area contributed by atoms with Gasteiger partial charge in [0.05, 0.1) is 18.6 Å². The van der Waals surface area contributed by atoms with E-state index in [9.17, 15) is 9.59 Å². The summed E-state index contributed by atoms with van der Waals surface area (Å²) >= 11 is 6.32. The number of nitrogens with zero attached hydrogens (tertiary/aromatic N) is 1. The van der Waals surface area contributed by atoms with Gasteiger partial charge in [-0.05, 0) is 12.1 Å². The first-order valence-corrected chi connectivity index (χ1v) is 8.05. The van der Waals surface area contributed by atoms with Gasteiger partial charge in [0.25, 0.3) is 5.91 Å². The van der Waals surface area contributed by atoms with Crippen LogP contribution in [0.15, 0.2) is 29.2 Å². The summed E-state index contributed by atoms with van der Waals surface area (Å²) in [5.74, 6) is -0.0302. The average molecular weight is 352 g/mol. The average Bonchev–Trinajstić information content (AvgIpc) is 2.81. The Labute approximate surface area is 143 Å². The maximum atomic E-state index is 12.4. The van der Waals surface area contributed by atoms with Crippen molar-refractivity contribution in [2.75, 3.05) is 26.8 Å².